The molecule has 0 unspecified atom stereocenters. The van der Waals surface area contributed by atoms with Gasteiger partial charge in [-0.1, -0.05) is 13.0 Å². The zero-order valence-electron chi connectivity index (χ0n) is 14.4. The minimum absolute atomic E-state index is 0.132. The number of amides is 1. The molecule has 1 saturated heterocycles. The average molecular weight is 359 g/mol. The summed E-state index contributed by atoms with van der Waals surface area (Å²) in [4.78, 5) is 35.4. The van der Waals surface area contributed by atoms with Gasteiger partial charge >= 0.3 is 5.97 Å². The molecule has 1 amide bonds. The highest BCUT2D eigenvalue weighted by Crippen LogP contribution is 2.27. The Morgan fingerprint density at radius 2 is 2.24 bits per heavy atom. The van der Waals surface area contributed by atoms with Crippen molar-refractivity contribution in [2.75, 3.05) is 19.7 Å². The van der Waals surface area contributed by atoms with Gasteiger partial charge in [-0.05, 0) is 37.8 Å². The van der Waals surface area contributed by atoms with E-state index in [1.165, 1.54) is 11.3 Å². The van der Waals surface area contributed by atoms with Gasteiger partial charge in [0.15, 0.2) is 6.61 Å². The van der Waals surface area contributed by atoms with Gasteiger partial charge in [-0.2, -0.15) is 0 Å². The van der Waals surface area contributed by atoms with E-state index in [1.54, 1.807) is 18.0 Å². The number of carbonyl (C=O) groups excluding carboxylic acids is 2. The van der Waals surface area contributed by atoms with E-state index < -0.39 is 5.97 Å². The van der Waals surface area contributed by atoms with Crippen molar-refractivity contribution in [3.8, 4) is 10.7 Å². The molecule has 0 bridgehead atoms. The number of hydrogen-bond acceptors (Lipinski definition) is 6. The Labute approximate surface area is 150 Å². The number of ether oxygens (including phenoxy) is 1. The molecular formula is C18H21N3O3S. The average Bonchev–Trinajstić information content (AvgIpc) is 3.02. The lowest BCUT2D eigenvalue weighted by Gasteiger charge is -2.30. The SMILES string of the molecule is Cc1nc(-c2ccccn2)sc1C(=O)OCC(=O)N1CCC[C@H](C)C1. The van der Waals surface area contributed by atoms with Crippen molar-refractivity contribution in [3.63, 3.8) is 0 Å². The van der Waals surface area contributed by atoms with E-state index in [0.29, 0.717) is 27.2 Å². The monoisotopic (exact) mass is 359 g/mol. The van der Waals surface area contributed by atoms with Crippen LogP contribution in [0.3, 0.4) is 0 Å². The first-order valence-electron chi connectivity index (χ1n) is 8.38. The number of nitrogens with zero attached hydrogens (tertiary/aromatic N) is 3. The van der Waals surface area contributed by atoms with Gasteiger partial charge in [0.1, 0.15) is 9.88 Å². The van der Waals surface area contributed by atoms with Crippen molar-refractivity contribution in [1.82, 2.24) is 14.9 Å². The minimum atomic E-state index is -0.504. The highest BCUT2D eigenvalue weighted by molar-refractivity contribution is 7.17. The van der Waals surface area contributed by atoms with Gasteiger partial charge in [-0.25, -0.2) is 9.78 Å². The van der Waals surface area contributed by atoms with Crippen LogP contribution in [0.25, 0.3) is 10.7 Å². The Kier molecular flexibility index (Phi) is 5.43. The van der Waals surface area contributed by atoms with E-state index in [9.17, 15) is 9.59 Å². The third-order valence-electron chi connectivity index (χ3n) is 4.20. The molecule has 1 atom stereocenters. The van der Waals surface area contributed by atoms with Crippen LogP contribution >= 0.6 is 11.3 Å². The van der Waals surface area contributed by atoms with E-state index in [0.717, 1.165) is 25.9 Å². The summed E-state index contributed by atoms with van der Waals surface area (Å²) in [5, 5.41) is 0.668. The second-order valence-corrected chi connectivity index (χ2v) is 7.31. The van der Waals surface area contributed by atoms with Gasteiger partial charge in [-0.3, -0.25) is 9.78 Å². The first-order valence-corrected chi connectivity index (χ1v) is 9.20. The Morgan fingerprint density at radius 3 is 2.96 bits per heavy atom. The molecule has 0 radical (unpaired) electrons. The Balaban J connectivity index is 1.62. The number of piperidine rings is 1. The number of aromatic nitrogens is 2. The van der Waals surface area contributed by atoms with Crippen LogP contribution in [0, 0.1) is 12.8 Å². The molecule has 1 aliphatic heterocycles. The first-order chi connectivity index (χ1) is 12.0. The second kappa shape index (κ2) is 7.74. The lowest BCUT2D eigenvalue weighted by molar-refractivity contribution is -0.136. The van der Waals surface area contributed by atoms with Gasteiger partial charge in [0.25, 0.3) is 5.91 Å². The van der Waals surface area contributed by atoms with E-state index in [-0.39, 0.29) is 12.5 Å². The number of carbonyl (C=O) groups is 2. The van der Waals surface area contributed by atoms with Gasteiger partial charge in [-0.15, -0.1) is 11.3 Å². The summed E-state index contributed by atoms with van der Waals surface area (Å²) in [7, 11) is 0. The molecule has 1 fully saturated rings. The topological polar surface area (TPSA) is 72.4 Å². The van der Waals surface area contributed by atoms with Crippen LogP contribution in [-0.4, -0.2) is 46.4 Å². The van der Waals surface area contributed by atoms with Crippen molar-refractivity contribution < 1.29 is 14.3 Å². The summed E-state index contributed by atoms with van der Waals surface area (Å²) < 4.78 is 5.23. The normalized spacial score (nSPS) is 17.4. The fourth-order valence-electron chi connectivity index (χ4n) is 2.88. The lowest BCUT2D eigenvalue weighted by atomic mass is 10.0. The Hall–Kier alpha value is -2.28. The maximum Gasteiger partial charge on any atom is 0.350 e. The number of aryl methyl sites for hydroxylation is 1. The molecule has 3 rings (SSSR count). The predicted octanol–water partition coefficient (Wildman–Crippen LogP) is 2.93. The third kappa shape index (κ3) is 4.22. The van der Waals surface area contributed by atoms with Gasteiger partial charge in [0, 0.05) is 19.3 Å². The summed E-state index contributed by atoms with van der Waals surface area (Å²) in [6.45, 7) is 5.14. The highest BCUT2D eigenvalue weighted by atomic mass is 32.1. The van der Waals surface area contributed by atoms with Gasteiger partial charge < -0.3 is 9.64 Å². The quantitative estimate of drug-likeness (QED) is 0.785. The molecule has 7 heteroatoms. The van der Waals surface area contributed by atoms with Crippen molar-refractivity contribution in [3.05, 3.63) is 35.0 Å². The molecular weight excluding hydrogens is 338 g/mol. The summed E-state index contributed by atoms with van der Waals surface area (Å²) in [5.41, 5.74) is 1.31. The van der Waals surface area contributed by atoms with Crippen LogP contribution in [0.5, 0.6) is 0 Å². The molecule has 0 N–H and O–H groups in total. The Morgan fingerprint density at radius 1 is 1.40 bits per heavy atom. The van der Waals surface area contributed by atoms with Gasteiger partial charge in [0.05, 0.1) is 11.4 Å². The molecule has 0 saturated carbocycles. The molecule has 0 aromatic carbocycles. The number of hydrogen-bond donors (Lipinski definition) is 0. The summed E-state index contributed by atoms with van der Waals surface area (Å²) in [6, 6.07) is 5.54. The number of likely N-dealkylation sites (tertiary alicyclic amines) is 1. The molecule has 0 spiro atoms. The van der Waals surface area contributed by atoms with E-state index >= 15 is 0 Å². The number of thiazole rings is 1. The fourth-order valence-corrected chi connectivity index (χ4v) is 3.82. The zero-order valence-corrected chi connectivity index (χ0v) is 15.2. The van der Waals surface area contributed by atoms with E-state index in [4.69, 9.17) is 4.74 Å². The second-order valence-electron chi connectivity index (χ2n) is 6.31. The van der Waals surface area contributed by atoms with Crippen molar-refractivity contribution in [1.29, 1.82) is 0 Å². The molecule has 2 aromatic rings. The van der Waals surface area contributed by atoms with Gasteiger partial charge in [0.2, 0.25) is 0 Å². The lowest BCUT2D eigenvalue weighted by Crippen LogP contribution is -2.41. The van der Waals surface area contributed by atoms with Crippen LogP contribution in [0.1, 0.15) is 35.1 Å². The van der Waals surface area contributed by atoms with Crippen LogP contribution in [-0.2, 0) is 9.53 Å². The summed E-state index contributed by atoms with van der Waals surface area (Å²) >= 11 is 1.24. The maximum absolute atomic E-state index is 12.3. The standard InChI is InChI=1S/C18H21N3O3S/c1-12-6-5-9-21(10-12)15(22)11-24-18(23)16-13(2)20-17(25-16)14-7-3-4-8-19-14/h3-4,7-8,12H,5-6,9-11H2,1-2H3/t12-/m0/s1. The molecule has 6 nitrogen and oxygen atoms in total. The van der Waals surface area contributed by atoms with Crippen LogP contribution in [0.15, 0.2) is 24.4 Å². The number of rotatable bonds is 4. The van der Waals surface area contributed by atoms with E-state index in [1.807, 2.05) is 18.2 Å². The molecule has 1 aliphatic rings. The minimum Gasteiger partial charge on any atom is -0.451 e. The zero-order chi connectivity index (χ0) is 17.8. The molecule has 0 aliphatic carbocycles. The molecule has 2 aromatic heterocycles. The smallest absolute Gasteiger partial charge is 0.350 e. The molecule has 3 heterocycles. The largest absolute Gasteiger partial charge is 0.451 e. The van der Waals surface area contributed by atoms with Crippen molar-refractivity contribution in [2.45, 2.75) is 26.7 Å². The molecule has 25 heavy (non-hydrogen) atoms. The predicted molar refractivity (Wildman–Crippen MR) is 95.3 cm³/mol. The van der Waals surface area contributed by atoms with Crippen LogP contribution in [0.2, 0.25) is 0 Å². The Bertz CT molecular complexity index is 760. The number of esters is 1. The maximum atomic E-state index is 12.3. The summed E-state index contributed by atoms with van der Waals surface area (Å²) in [6.07, 6.45) is 3.82. The highest BCUT2D eigenvalue weighted by Gasteiger charge is 2.23. The molecule has 132 valence electrons. The van der Waals surface area contributed by atoms with Crippen molar-refractivity contribution in [2.24, 2.45) is 5.92 Å². The van der Waals surface area contributed by atoms with Crippen LogP contribution in [0.4, 0.5) is 0 Å². The third-order valence-corrected chi connectivity index (χ3v) is 5.36. The van der Waals surface area contributed by atoms with E-state index in [2.05, 4.69) is 16.9 Å². The number of pyridine rings is 1. The van der Waals surface area contributed by atoms with Crippen LogP contribution < -0.4 is 0 Å². The summed E-state index contributed by atoms with van der Waals surface area (Å²) in [5.74, 6) is -0.138. The first kappa shape index (κ1) is 17.5. The fraction of sp³-hybridized carbons (Fsp3) is 0.444. The van der Waals surface area contributed by atoms with Crippen molar-refractivity contribution >= 4 is 23.2 Å².